The fourth-order valence-electron chi connectivity index (χ4n) is 0.946. The molecule has 1 aromatic rings. The van der Waals surface area contributed by atoms with Gasteiger partial charge in [-0.25, -0.2) is 4.79 Å². The molecule has 66 valence electrons. The fourth-order valence-corrected chi connectivity index (χ4v) is 0.946. The number of hydrogen-bond acceptors (Lipinski definition) is 4. The molecule has 0 aliphatic rings. The maximum absolute atomic E-state index is 10.5. The molecule has 0 atom stereocenters. The Hall–Kier alpha value is -1.56. The van der Waals surface area contributed by atoms with Gasteiger partial charge in [0.1, 0.15) is 5.69 Å². The third-order valence-electron chi connectivity index (χ3n) is 1.49. The standard InChI is InChI=1S/C6H9N3O3/c1-9-4(6(11)12)5(10)3(2-7)8-9/h10H,2,7H2,1H3,(H,11,12). The summed E-state index contributed by atoms with van der Waals surface area (Å²) < 4.78 is 1.08. The highest BCUT2D eigenvalue weighted by Crippen LogP contribution is 2.20. The highest BCUT2D eigenvalue weighted by Gasteiger charge is 2.19. The lowest BCUT2D eigenvalue weighted by molar-refractivity contribution is 0.0681. The summed E-state index contributed by atoms with van der Waals surface area (Å²) in [7, 11) is 1.43. The van der Waals surface area contributed by atoms with Gasteiger partial charge in [-0.15, -0.1) is 0 Å². The molecule has 0 bridgehead atoms. The SMILES string of the molecule is Cn1nc(CN)c(O)c1C(=O)O. The van der Waals surface area contributed by atoms with Gasteiger partial charge in [0.15, 0.2) is 11.4 Å². The molecule has 0 fully saturated rings. The van der Waals surface area contributed by atoms with Crippen molar-refractivity contribution >= 4 is 5.97 Å². The average molecular weight is 171 g/mol. The topological polar surface area (TPSA) is 101 Å². The summed E-state index contributed by atoms with van der Waals surface area (Å²) in [6.07, 6.45) is 0. The lowest BCUT2D eigenvalue weighted by Gasteiger charge is -1.93. The highest BCUT2D eigenvalue weighted by molar-refractivity contribution is 5.89. The average Bonchev–Trinajstić information content (AvgIpc) is 2.25. The molecule has 6 heteroatoms. The van der Waals surface area contributed by atoms with Gasteiger partial charge in [0.05, 0.1) is 0 Å². The molecule has 4 N–H and O–H groups in total. The van der Waals surface area contributed by atoms with E-state index in [4.69, 9.17) is 10.8 Å². The second-order valence-electron chi connectivity index (χ2n) is 2.28. The van der Waals surface area contributed by atoms with Crippen LogP contribution in [0.25, 0.3) is 0 Å². The Morgan fingerprint density at radius 3 is 2.58 bits per heavy atom. The number of rotatable bonds is 2. The van der Waals surface area contributed by atoms with Crippen LogP contribution in [0.3, 0.4) is 0 Å². The van der Waals surface area contributed by atoms with Crippen molar-refractivity contribution in [1.82, 2.24) is 9.78 Å². The van der Waals surface area contributed by atoms with Crippen molar-refractivity contribution in [2.45, 2.75) is 6.54 Å². The molecule has 0 radical (unpaired) electrons. The molecule has 1 aromatic heterocycles. The summed E-state index contributed by atoms with van der Waals surface area (Å²) in [5.74, 6) is -1.57. The van der Waals surface area contributed by atoms with Gasteiger partial charge < -0.3 is 15.9 Å². The number of nitrogens with two attached hydrogens (primary N) is 1. The number of nitrogens with zero attached hydrogens (tertiary/aromatic N) is 2. The van der Waals surface area contributed by atoms with Crippen LogP contribution in [0.4, 0.5) is 0 Å². The van der Waals surface area contributed by atoms with E-state index in [0.717, 1.165) is 4.68 Å². The molecule has 6 nitrogen and oxygen atoms in total. The van der Waals surface area contributed by atoms with E-state index >= 15 is 0 Å². The summed E-state index contributed by atoms with van der Waals surface area (Å²) in [6, 6.07) is 0. The lowest BCUT2D eigenvalue weighted by atomic mass is 10.3. The van der Waals surface area contributed by atoms with Crippen LogP contribution in [0.15, 0.2) is 0 Å². The Kier molecular flexibility index (Phi) is 2.01. The molecule has 0 unspecified atom stereocenters. The van der Waals surface area contributed by atoms with Gasteiger partial charge in [-0.2, -0.15) is 5.10 Å². The molecule has 1 rings (SSSR count). The van der Waals surface area contributed by atoms with Crippen LogP contribution >= 0.6 is 0 Å². The summed E-state index contributed by atoms with van der Waals surface area (Å²) in [6.45, 7) is 0.0208. The van der Waals surface area contributed by atoms with Crippen LogP contribution < -0.4 is 5.73 Å². The predicted octanol–water partition coefficient (Wildman–Crippen LogP) is -0.717. The minimum Gasteiger partial charge on any atom is -0.504 e. The second kappa shape index (κ2) is 2.82. The van der Waals surface area contributed by atoms with Crippen molar-refractivity contribution in [1.29, 1.82) is 0 Å². The Balaban J connectivity index is 3.28. The summed E-state index contributed by atoms with van der Waals surface area (Å²) in [5.41, 5.74) is 5.15. The number of aromatic nitrogens is 2. The van der Waals surface area contributed by atoms with Crippen molar-refractivity contribution in [3.63, 3.8) is 0 Å². The molecule has 0 saturated carbocycles. The van der Waals surface area contributed by atoms with Crippen molar-refractivity contribution in [2.24, 2.45) is 12.8 Å². The number of aromatic carboxylic acids is 1. The van der Waals surface area contributed by atoms with Crippen LogP contribution in [0.1, 0.15) is 16.2 Å². The molecule has 12 heavy (non-hydrogen) atoms. The first kappa shape index (κ1) is 8.54. The van der Waals surface area contributed by atoms with Gasteiger partial charge in [0.25, 0.3) is 0 Å². The first-order chi connectivity index (χ1) is 5.57. The summed E-state index contributed by atoms with van der Waals surface area (Å²) in [4.78, 5) is 10.5. The first-order valence-electron chi connectivity index (χ1n) is 3.26. The Labute approximate surface area is 68.2 Å². The Bertz CT molecular complexity index is 318. The third-order valence-corrected chi connectivity index (χ3v) is 1.49. The van der Waals surface area contributed by atoms with Crippen molar-refractivity contribution in [3.05, 3.63) is 11.4 Å². The van der Waals surface area contributed by atoms with Crippen LogP contribution in [0, 0.1) is 0 Å². The van der Waals surface area contributed by atoms with Crippen LogP contribution in [-0.4, -0.2) is 26.0 Å². The normalized spacial score (nSPS) is 10.2. The fraction of sp³-hybridized carbons (Fsp3) is 0.333. The van der Waals surface area contributed by atoms with Gasteiger partial charge in [-0.1, -0.05) is 0 Å². The molecule has 0 spiro atoms. The minimum absolute atomic E-state index is 0.0208. The number of carbonyl (C=O) groups is 1. The quantitative estimate of drug-likeness (QED) is 0.545. The molecule has 0 amide bonds. The van der Waals surface area contributed by atoms with E-state index in [0.29, 0.717) is 0 Å². The van der Waals surface area contributed by atoms with E-state index in [1.165, 1.54) is 7.05 Å². The van der Waals surface area contributed by atoms with Crippen LogP contribution in [-0.2, 0) is 13.6 Å². The van der Waals surface area contributed by atoms with E-state index < -0.39 is 5.97 Å². The zero-order valence-corrected chi connectivity index (χ0v) is 6.48. The molecule has 0 saturated heterocycles. The monoisotopic (exact) mass is 171 g/mol. The van der Waals surface area contributed by atoms with Crippen molar-refractivity contribution in [3.8, 4) is 5.75 Å². The van der Waals surface area contributed by atoms with Crippen molar-refractivity contribution < 1.29 is 15.0 Å². The van der Waals surface area contributed by atoms with E-state index in [2.05, 4.69) is 5.10 Å². The van der Waals surface area contributed by atoms with E-state index in [1.807, 2.05) is 0 Å². The zero-order valence-electron chi connectivity index (χ0n) is 6.48. The van der Waals surface area contributed by atoms with Crippen LogP contribution in [0.2, 0.25) is 0 Å². The lowest BCUT2D eigenvalue weighted by Crippen LogP contribution is -2.05. The maximum atomic E-state index is 10.5. The number of hydrogen-bond donors (Lipinski definition) is 3. The smallest absolute Gasteiger partial charge is 0.358 e. The maximum Gasteiger partial charge on any atom is 0.358 e. The van der Waals surface area contributed by atoms with Crippen molar-refractivity contribution in [2.75, 3.05) is 0 Å². The third kappa shape index (κ3) is 1.12. The van der Waals surface area contributed by atoms with E-state index in [-0.39, 0.29) is 23.7 Å². The molecule has 0 aliphatic carbocycles. The van der Waals surface area contributed by atoms with Gasteiger partial charge in [-0.05, 0) is 0 Å². The molecule has 0 aromatic carbocycles. The van der Waals surface area contributed by atoms with Gasteiger partial charge in [0.2, 0.25) is 0 Å². The number of aromatic hydroxyl groups is 1. The van der Waals surface area contributed by atoms with E-state index in [1.54, 1.807) is 0 Å². The molecule has 1 heterocycles. The number of carboxylic acid groups (broad SMARTS) is 1. The number of carboxylic acids is 1. The highest BCUT2D eigenvalue weighted by atomic mass is 16.4. The predicted molar refractivity (Wildman–Crippen MR) is 39.7 cm³/mol. The zero-order chi connectivity index (χ0) is 9.30. The molecular formula is C6H9N3O3. The minimum atomic E-state index is -1.22. The molecule has 0 aliphatic heterocycles. The van der Waals surface area contributed by atoms with E-state index in [9.17, 15) is 9.90 Å². The van der Waals surface area contributed by atoms with Gasteiger partial charge >= 0.3 is 5.97 Å². The van der Waals surface area contributed by atoms with Gasteiger partial charge in [0, 0.05) is 13.6 Å². The second-order valence-corrected chi connectivity index (χ2v) is 2.28. The largest absolute Gasteiger partial charge is 0.504 e. The van der Waals surface area contributed by atoms with Crippen LogP contribution in [0.5, 0.6) is 5.75 Å². The first-order valence-corrected chi connectivity index (χ1v) is 3.26. The Morgan fingerprint density at radius 2 is 2.33 bits per heavy atom. The summed E-state index contributed by atoms with van der Waals surface area (Å²) >= 11 is 0. The van der Waals surface area contributed by atoms with Gasteiger partial charge in [-0.3, -0.25) is 4.68 Å². The Morgan fingerprint density at radius 1 is 1.75 bits per heavy atom. The number of aryl methyl sites for hydroxylation is 1. The summed E-state index contributed by atoms with van der Waals surface area (Å²) in [5, 5.41) is 21.5. The molecular weight excluding hydrogens is 162 g/mol.